The van der Waals surface area contributed by atoms with Crippen molar-refractivity contribution in [3.05, 3.63) is 41.7 Å². The molecule has 1 amide bonds. The van der Waals surface area contributed by atoms with Gasteiger partial charge in [-0.25, -0.2) is 4.79 Å². The van der Waals surface area contributed by atoms with Gasteiger partial charge in [0.2, 0.25) is 0 Å². The summed E-state index contributed by atoms with van der Waals surface area (Å²) in [6, 6.07) is 6.88. The van der Waals surface area contributed by atoms with Gasteiger partial charge in [-0.2, -0.15) is 5.10 Å². The van der Waals surface area contributed by atoms with Crippen LogP contribution in [-0.4, -0.2) is 35.4 Å². The van der Waals surface area contributed by atoms with Crippen LogP contribution < -0.4 is 10.1 Å². The van der Waals surface area contributed by atoms with Crippen LogP contribution in [0.2, 0.25) is 0 Å². The Balaban J connectivity index is 2.29. The molecule has 0 aliphatic carbocycles. The predicted molar refractivity (Wildman–Crippen MR) is 80.1 cm³/mol. The largest absolute Gasteiger partial charge is 0.493 e. The van der Waals surface area contributed by atoms with Crippen molar-refractivity contribution in [2.24, 2.45) is 7.05 Å². The summed E-state index contributed by atoms with van der Waals surface area (Å²) in [6.07, 6.45) is 1.40. The van der Waals surface area contributed by atoms with Gasteiger partial charge in [-0.05, 0) is 19.1 Å². The van der Waals surface area contributed by atoms with Crippen LogP contribution in [-0.2, 0) is 11.8 Å². The highest BCUT2D eigenvalue weighted by molar-refractivity contribution is 6.08. The third kappa shape index (κ3) is 3.08. The average Bonchev–Trinajstić information content (AvgIpc) is 2.88. The number of benzene rings is 1. The van der Waals surface area contributed by atoms with E-state index in [1.807, 2.05) is 6.92 Å². The van der Waals surface area contributed by atoms with E-state index in [2.05, 4.69) is 15.2 Å². The zero-order valence-electron chi connectivity index (χ0n) is 12.6. The van der Waals surface area contributed by atoms with E-state index < -0.39 is 5.97 Å². The van der Waals surface area contributed by atoms with Crippen LogP contribution in [0.15, 0.2) is 30.5 Å². The molecule has 0 atom stereocenters. The fourth-order valence-electron chi connectivity index (χ4n) is 1.99. The number of carbonyl (C=O) groups is 2. The van der Waals surface area contributed by atoms with Gasteiger partial charge in [-0.3, -0.25) is 9.48 Å². The second-order valence-electron chi connectivity index (χ2n) is 4.41. The summed E-state index contributed by atoms with van der Waals surface area (Å²) in [5, 5.41) is 6.62. The molecule has 0 bridgehead atoms. The van der Waals surface area contributed by atoms with Crippen molar-refractivity contribution >= 4 is 17.6 Å². The number of aromatic nitrogens is 2. The molecular weight excluding hydrogens is 286 g/mol. The maximum atomic E-state index is 12.4. The van der Waals surface area contributed by atoms with Gasteiger partial charge in [0.1, 0.15) is 5.75 Å². The number of esters is 1. The van der Waals surface area contributed by atoms with Crippen LogP contribution in [0.3, 0.4) is 0 Å². The molecule has 1 aromatic carbocycles. The molecule has 22 heavy (non-hydrogen) atoms. The number of hydrogen-bond acceptors (Lipinski definition) is 5. The predicted octanol–water partition coefficient (Wildman–Crippen LogP) is 1.86. The summed E-state index contributed by atoms with van der Waals surface area (Å²) < 4.78 is 11.5. The van der Waals surface area contributed by atoms with Gasteiger partial charge in [0.25, 0.3) is 5.91 Å². The number of para-hydroxylation sites is 1. The van der Waals surface area contributed by atoms with Crippen LogP contribution in [0.25, 0.3) is 0 Å². The number of amides is 1. The standard InChI is InChI=1S/C15H17N3O4/c1-4-22-12-8-6-5-7-10(12)14(19)17-11-9-16-18(2)13(11)15(20)21-3/h5-9H,4H2,1-3H3,(H,17,19). The Labute approximate surface area is 127 Å². The first kappa shape index (κ1) is 15.6. The SMILES string of the molecule is CCOc1ccccc1C(=O)Nc1cnn(C)c1C(=O)OC. The van der Waals surface area contributed by atoms with Gasteiger partial charge < -0.3 is 14.8 Å². The minimum Gasteiger partial charge on any atom is -0.493 e. The molecule has 2 rings (SSSR count). The Kier molecular flexibility index (Phi) is 4.77. The minimum atomic E-state index is -0.576. The van der Waals surface area contributed by atoms with E-state index in [1.165, 1.54) is 18.0 Å². The van der Waals surface area contributed by atoms with Gasteiger partial charge in [-0.15, -0.1) is 0 Å². The highest BCUT2D eigenvalue weighted by atomic mass is 16.5. The molecule has 0 unspecified atom stereocenters. The van der Waals surface area contributed by atoms with Crippen molar-refractivity contribution in [1.29, 1.82) is 0 Å². The molecule has 1 N–H and O–H groups in total. The van der Waals surface area contributed by atoms with E-state index in [9.17, 15) is 9.59 Å². The van der Waals surface area contributed by atoms with Gasteiger partial charge in [0, 0.05) is 7.05 Å². The molecule has 1 aromatic heterocycles. The van der Waals surface area contributed by atoms with Crippen molar-refractivity contribution in [2.45, 2.75) is 6.92 Å². The Bertz CT molecular complexity index is 694. The van der Waals surface area contributed by atoms with Crippen molar-refractivity contribution in [3.63, 3.8) is 0 Å². The highest BCUT2D eigenvalue weighted by Crippen LogP contribution is 2.21. The molecule has 0 radical (unpaired) electrons. The van der Waals surface area contributed by atoms with E-state index in [-0.39, 0.29) is 17.3 Å². The first-order valence-electron chi connectivity index (χ1n) is 6.72. The molecule has 0 spiro atoms. The van der Waals surface area contributed by atoms with E-state index in [0.717, 1.165) is 0 Å². The molecule has 0 aliphatic rings. The van der Waals surface area contributed by atoms with Crippen LogP contribution in [0.4, 0.5) is 5.69 Å². The van der Waals surface area contributed by atoms with Crippen LogP contribution in [0.1, 0.15) is 27.8 Å². The van der Waals surface area contributed by atoms with Gasteiger partial charge in [0.05, 0.1) is 31.2 Å². The van der Waals surface area contributed by atoms with Gasteiger partial charge in [0.15, 0.2) is 5.69 Å². The summed E-state index contributed by atoms with van der Waals surface area (Å²) in [7, 11) is 2.86. The number of hydrogen-bond donors (Lipinski definition) is 1. The number of aryl methyl sites for hydroxylation is 1. The van der Waals surface area contributed by atoms with Gasteiger partial charge >= 0.3 is 5.97 Å². The smallest absolute Gasteiger partial charge is 0.358 e. The third-order valence-electron chi connectivity index (χ3n) is 3.00. The zero-order chi connectivity index (χ0) is 16.1. The molecule has 2 aromatic rings. The number of ether oxygens (including phenoxy) is 2. The first-order chi connectivity index (χ1) is 10.6. The van der Waals surface area contributed by atoms with E-state index in [4.69, 9.17) is 4.74 Å². The number of methoxy groups -OCH3 is 1. The molecule has 0 saturated heterocycles. The second-order valence-corrected chi connectivity index (χ2v) is 4.41. The molecule has 7 nitrogen and oxygen atoms in total. The molecule has 1 heterocycles. The van der Waals surface area contributed by atoms with Crippen LogP contribution in [0, 0.1) is 0 Å². The molecule has 0 aliphatic heterocycles. The quantitative estimate of drug-likeness (QED) is 0.852. The maximum Gasteiger partial charge on any atom is 0.358 e. The van der Waals surface area contributed by atoms with Crippen LogP contribution in [0.5, 0.6) is 5.75 Å². The Morgan fingerprint density at radius 2 is 2.05 bits per heavy atom. The first-order valence-corrected chi connectivity index (χ1v) is 6.72. The Hall–Kier alpha value is -2.83. The molecular formula is C15H17N3O4. The Morgan fingerprint density at radius 3 is 2.73 bits per heavy atom. The highest BCUT2D eigenvalue weighted by Gasteiger charge is 2.20. The molecule has 7 heteroatoms. The monoisotopic (exact) mass is 303 g/mol. The fraction of sp³-hybridized carbons (Fsp3) is 0.267. The summed E-state index contributed by atoms with van der Waals surface area (Å²) in [6.45, 7) is 2.29. The van der Waals surface area contributed by atoms with Crippen molar-refractivity contribution in [1.82, 2.24) is 9.78 Å². The van der Waals surface area contributed by atoms with Gasteiger partial charge in [-0.1, -0.05) is 12.1 Å². The summed E-state index contributed by atoms with van der Waals surface area (Å²) >= 11 is 0. The van der Waals surface area contributed by atoms with Crippen LogP contribution >= 0.6 is 0 Å². The van der Waals surface area contributed by atoms with Crippen molar-refractivity contribution in [2.75, 3.05) is 19.0 Å². The average molecular weight is 303 g/mol. The topological polar surface area (TPSA) is 82.5 Å². The fourth-order valence-corrected chi connectivity index (χ4v) is 1.99. The molecule has 0 fully saturated rings. The van der Waals surface area contributed by atoms with Crippen molar-refractivity contribution in [3.8, 4) is 5.75 Å². The van der Waals surface area contributed by atoms with Crippen molar-refractivity contribution < 1.29 is 19.1 Å². The number of anilines is 1. The third-order valence-corrected chi connectivity index (χ3v) is 3.00. The number of nitrogens with zero attached hydrogens (tertiary/aromatic N) is 2. The van der Waals surface area contributed by atoms with E-state index in [1.54, 1.807) is 31.3 Å². The summed E-state index contributed by atoms with van der Waals surface area (Å²) in [5.74, 6) is -0.485. The second kappa shape index (κ2) is 6.75. The lowest BCUT2D eigenvalue weighted by Crippen LogP contribution is -2.17. The normalized spacial score (nSPS) is 10.1. The zero-order valence-corrected chi connectivity index (χ0v) is 12.6. The molecule has 0 saturated carbocycles. The maximum absolute atomic E-state index is 12.4. The number of nitrogens with one attached hydrogen (secondary N) is 1. The minimum absolute atomic E-state index is 0.171. The lowest BCUT2D eigenvalue weighted by atomic mass is 10.2. The lowest BCUT2D eigenvalue weighted by molar-refractivity contribution is 0.0589. The number of carbonyl (C=O) groups excluding carboxylic acids is 2. The van der Waals surface area contributed by atoms with E-state index in [0.29, 0.717) is 17.9 Å². The lowest BCUT2D eigenvalue weighted by Gasteiger charge is -2.10. The van der Waals surface area contributed by atoms with E-state index >= 15 is 0 Å². The molecule has 116 valence electrons. The summed E-state index contributed by atoms with van der Waals surface area (Å²) in [4.78, 5) is 24.1. The Morgan fingerprint density at radius 1 is 1.32 bits per heavy atom. The number of rotatable bonds is 5. The summed E-state index contributed by atoms with van der Waals surface area (Å²) in [5.41, 5.74) is 0.833.